The summed E-state index contributed by atoms with van der Waals surface area (Å²) in [5.74, 6) is 0.956. The molecular formula is C41H40Cl2N4O6. The van der Waals surface area contributed by atoms with Crippen LogP contribution in [0.5, 0.6) is 11.5 Å². The normalized spacial score (nSPS) is 15.2. The second-order valence-corrected chi connectivity index (χ2v) is 14.1. The Morgan fingerprint density at radius 1 is 0.698 bits per heavy atom. The zero-order valence-electron chi connectivity index (χ0n) is 29.5. The van der Waals surface area contributed by atoms with Gasteiger partial charge in [-0.05, 0) is 48.2 Å². The van der Waals surface area contributed by atoms with E-state index in [1.54, 1.807) is 19.6 Å². The van der Waals surface area contributed by atoms with Crippen molar-refractivity contribution in [3.05, 3.63) is 82.8 Å². The Hall–Kier alpha value is -5.06. The van der Waals surface area contributed by atoms with Crippen molar-refractivity contribution >= 4 is 58.7 Å². The van der Waals surface area contributed by atoms with Gasteiger partial charge in [0.05, 0.1) is 21.4 Å². The lowest BCUT2D eigenvalue weighted by atomic mass is 9.95. The van der Waals surface area contributed by atoms with Gasteiger partial charge in [0.1, 0.15) is 11.5 Å². The predicted molar refractivity (Wildman–Crippen MR) is 207 cm³/mol. The summed E-state index contributed by atoms with van der Waals surface area (Å²) in [5.41, 5.74) is 5.99. The number of anilines is 2. The second-order valence-electron chi connectivity index (χ2n) is 13.3. The van der Waals surface area contributed by atoms with Gasteiger partial charge in [0.2, 0.25) is 12.3 Å². The van der Waals surface area contributed by atoms with Gasteiger partial charge in [-0.1, -0.05) is 85.1 Å². The molecule has 0 unspecified atom stereocenters. The van der Waals surface area contributed by atoms with Crippen LogP contribution in [-0.4, -0.2) is 86.4 Å². The zero-order valence-corrected chi connectivity index (χ0v) is 31.0. The molecule has 10 nitrogen and oxygen atoms in total. The number of amides is 4. The summed E-state index contributed by atoms with van der Waals surface area (Å²) in [6.07, 6.45) is 4.12. The highest BCUT2D eigenvalue weighted by Crippen LogP contribution is 2.45. The van der Waals surface area contributed by atoms with Crippen LogP contribution in [0.2, 0.25) is 10.0 Å². The van der Waals surface area contributed by atoms with Crippen molar-refractivity contribution in [3.8, 4) is 44.9 Å². The van der Waals surface area contributed by atoms with Crippen LogP contribution in [0.15, 0.2) is 72.8 Å². The van der Waals surface area contributed by atoms with Crippen LogP contribution in [-0.2, 0) is 19.2 Å². The van der Waals surface area contributed by atoms with Gasteiger partial charge in [-0.15, -0.1) is 0 Å². The second kappa shape index (κ2) is 15.9. The van der Waals surface area contributed by atoms with Crippen LogP contribution < -0.4 is 19.3 Å². The molecular weight excluding hydrogens is 715 g/mol. The molecule has 4 amide bonds. The minimum atomic E-state index is -0.160. The number of ether oxygens (including phenoxy) is 2. The monoisotopic (exact) mass is 754 g/mol. The Labute approximate surface area is 318 Å². The lowest BCUT2D eigenvalue weighted by Gasteiger charge is -2.31. The molecule has 3 heterocycles. The molecule has 1 fully saturated rings. The lowest BCUT2D eigenvalue weighted by Crippen LogP contribution is -2.43. The van der Waals surface area contributed by atoms with E-state index < -0.39 is 0 Å². The fraction of sp³-hybridized carbons (Fsp3) is 0.317. The first-order valence-corrected chi connectivity index (χ1v) is 18.7. The van der Waals surface area contributed by atoms with Gasteiger partial charge in [-0.2, -0.15) is 0 Å². The Balaban J connectivity index is 1.14. The molecule has 0 aromatic heterocycles. The first kappa shape index (κ1) is 36.3. The SMILES string of the molecule is CCCCN(C=O)CCN1C(=O)COc2cc(-c3cccc(-c4cccc(-c5ccc6c(c5)OCC(=O)N6CCN5CCCC5=O)c4Cl)c3Cl)ccc21. The predicted octanol–water partition coefficient (Wildman–Crippen LogP) is 7.33. The maximum Gasteiger partial charge on any atom is 0.265 e. The standard InChI is InChI=1S/C41H40Cl2N4O6/c1-2-3-16-44(26-48)18-20-46-33-14-12-27(22-35(33)52-24-38(46)50)29-7-4-9-31(40(29)42)32-10-5-8-30(41(32)43)28-13-15-34-36(23-28)53-25-39(51)47(34)21-19-45-17-6-11-37(45)49/h4-5,7-10,12-15,22-23,26H,2-3,6,11,16-21,24-25H2,1H3. The molecule has 1 saturated heterocycles. The molecule has 274 valence electrons. The summed E-state index contributed by atoms with van der Waals surface area (Å²) in [7, 11) is 0. The molecule has 4 aromatic rings. The average Bonchev–Trinajstić information content (AvgIpc) is 3.59. The van der Waals surface area contributed by atoms with Crippen LogP contribution in [0.1, 0.15) is 32.6 Å². The van der Waals surface area contributed by atoms with Crippen molar-refractivity contribution in [3.63, 3.8) is 0 Å². The zero-order chi connectivity index (χ0) is 37.1. The molecule has 12 heteroatoms. The third kappa shape index (κ3) is 7.43. The van der Waals surface area contributed by atoms with E-state index in [0.29, 0.717) is 72.1 Å². The van der Waals surface area contributed by atoms with Crippen LogP contribution in [0, 0.1) is 0 Å². The van der Waals surface area contributed by atoms with E-state index in [0.717, 1.165) is 65.6 Å². The third-order valence-corrected chi connectivity index (χ3v) is 10.9. The first-order chi connectivity index (χ1) is 25.8. The molecule has 0 N–H and O–H groups in total. The molecule has 0 radical (unpaired) electrons. The van der Waals surface area contributed by atoms with Crippen LogP contribution in [0.4, 0.5) is 11.4 Å². The quantitative estimate of drug-likeness (QED) is 0.133. The molecule has 0 aliphatic carbocycles. The summed E-state index contributed by atoms with van der Waals surface area (Å²) < 4.78 is 11.7. The van der Waals surface area contributed by atoms with E-state index in [4.69, 9.17) is 32.7 Å². The number of hydrogen-bond acceptors (Lipinski definition) is 6. The summed E-state index contributed by atoms with van der Waals surface area (Å²) in [5, 5.41) is 1.02. The number of halogens is 2. The summed E-state index contributed by atoms with van der Waals surface area (Å²) in [6.45, 7) is 4.95. The van der Waals surface area contributed by atoms with E-state index in [2.05, 4.69) is 6.92 Å². The number of carbonyl (C=O) groups is 4. The van der Waals surface area contributed by atoms with E-state index in [1.807, 2.05) is 72.8 Å². The minimum Gasteiger partial charge on any atom is -0.482 e. The van der Waals surface area contributed by atoms with Gasteiger partial charge in [-0.3, -0.25) is 19.2 Å². The van der Waals surface area contributed by atoms with Crippen LogP contribution in [0.3, 0.4) is 0 Å². The van der Waals surface area contributed by atoms with Gasteiger partial charge < -0.3 is 29.1 Å². The minimum absolute atomic E-state index is 0.0829. The average molecular weight is 756 g/mol. The number of fused-ring (bicyclic) bond motifs is 2. The number of rotatable bonds is 13. The van der Waals surface area contributed by atoms with Gasteiger partial charge in [0, 0.05) is 67.9 Å². The molecule has 3 aliphatic heterocycles. The van der Waals surface area contributed by atoms with E-state index in [1.165, 1.54) is 0 Å². The Morgan fingerprint density at radius 3 is 1.75 bits per heavy atom. The fourth-order valence-electron chi connectivity index (χ4n) is 7.13. The topological polar surface area (TPSA) is 99.7 Å². The van der Waals surface area contributed by atoms with Crippen molar-refractivity contribution in [2.75, 3.05) is 62.3 Å². The molecule has 0 bridgehead atoms. The number of benzene rings is 4. The van der Waals surface area contributed by atoms with Crippen molar-refractivity contribution in [1.29, 1.82) is 0 Å². The smallest absolute Gasteiger partial charge is 0.265 e. The van der Waals surface area contributed by atoms with Gasteiger partial charge in [-0.25, -0.2) is 0 Å². The van der Waals surface area contributed by atoms with E-state index in [-0.39, 0.29) is 30.9 Å². The number of carbonyl (C=O) groups excluding carboxylic acids is 4. The third-order valence-electron chi connectivity index (χ3n) is 10.0. The fourth-order valence-corrected chi connectivity index (χ4v) is 7.80. The van der Waals surface area contributed by atoms with Gasteiger partial charge in [0.15, 0.2) is 13.2 Å². The molecule has 4 aromatic carbocycles. The lowest BCUT2D eigenvalue weighted by molar-refractivity contribution is -0.128. The molecule has 0 spiro atoms. The number of unbranched alkanes of at least 4 members (excludes halogenated alkanes) is 1. The van der Waals surface area contributed by atoms with E-state index >= 15 is 0 Å². The van der Waals surface area contributed by atoms with Crippen molar-refractivity contribution in [2.24, 2.45) is 0 Å². The molecule has 0 saturated carbocycles. The molecule has 7 rings (SSSR count). The number of nitrogens with zero attached hydrogens (tertiary/aromatic N) is 4. The first-order valence-electron chi connectivity index (χ1n) is 18.0. The van der Waals surface area contributed by atoms with Crippen LogP contribution >= 0.6 is 23.2 Å². The molecule has 3 aliphatic rings. The van der Waals surface area contributed by atoms with Crippen LogP contribution in [0.25, 0.3) is 33.4 Å². The molecule has 53 heavy (non-hydrogen) atoms. The Morgan fingerprint density at radius 2 is 1.25 bits per heavy atom. The van der Waals surface area contributed by atoms with Crippen molar-refractivity contribution < 1.29 is 28.7 Å². The van der Waals surface area contributed by atoms with Crippen molar-refractivity contribution in [1.82, 2.24) is 9.80 Å². The van der Waals surface area contributed by atoms with E-state index in [9.17, 15) is 19.2 Å². The number of hydrogen-bond donors (Lipinski definition) is 0. The largest absolute Gasteiger partial charge is 0.482 e. The van der Waals surface area contributed by atoms with Crippen molar-refractivity contribution in [2.45, 2.75) is 32.6 Å². The highest BCUT2D eigenvalue weighted by molar-refractivity contribution is 6.39. The van der Waals surface area contributed by atoms with Gasteiger partial charge in [0.25, 0.3) is 11.8 Å². The summed E-state index contributed by atoms with van der Waals surface area (Å²) in [6, 6.07) is 22.9. The number of likely N-dealkylation sites (tertiary alicyclic amines) is 1. The molecule has 0 atom stereocenters. The highest BCUT2D eigenvalue weighted by Gasteiger charge is 2.29. The maximum atomic E-state index is 12.9. The summed E-state index contributed by atoms with van der Waals surface area (Å²) in [4.78, 5) is 56.3. The van der Waals surface area contributed by atoms with Gasteiger partial charge >= 0.3 is 0 Å². The summed E-state index contributed by atoms with van der Waals surface area (Å²) >= 11 is 14.3. The maximum absolute atomic E-state index is 12.9. The Kier molecular flexibility index (Phi) is 10.9. The highest BCUT2D eigenvalue weighted by atomic mass is 35.5. The Bertz CT molecular complexity index is 2070.